The molecule has 0 radical (unpaired) electrons. The Balaban J connectivity index is 1.41. The molecule has 1 aliphatic carbocycles. The quantitative estimate of drug-likeness (QED) is 0.892. The van der Waals surface area contributed by atoms with E-state index in [1.54, 1.807) is 0 Å². The van der Waals surface area contributed by atoms with Crippen LogP contribution >= 0.6 is 0 Å². The first-order chi connectivity index (χ1) is 9.72. The Labute approximate surface area is 122 Å². The molecular formula is C17H27N3. The van der Waals surface area contributed by atoms with Crippen molar-refractivity contribution in [2.45, 2.75) is 38.3 Å². The van der Waals surface area contributed by atoms with Crippen molar-refractivity contribution in [2.75, 3.05) is 32.7 Å². The van der Waals surface area contributed by atoms with E-state index in [0.717, 1.165) is 19.0 Å². The van der Waals surface area contributed by atoms with Crippen LogP contribution in [0.3, 0.4) is 0 Å². The minimum atomic E-state index is 0.178. The van der Waals surface area contributed by atoms with Gasteiger partial charge >= 0.3 is 0 Å². The molecule has 1 saturated carbocycles. The Morgan fingerprint density at radius 1 is 1.10 bits per heavy atom. The van der Waals surface area contributed by atoms with Gasteiger partial charge in [-0.15, -0.1) is 0 Å². The van der Waals surface area contributed by atoms with Gasteiger partial charge in [0.15, 0.2) is 0 Å². The Hall–Kier alpha value is -0.900. The lowest BCUT2D eigenvalue weighted by molar-refractivity contribution is 0.124. The summed E-state index contributed by atoms with van der Waals surface area (Å²) in [4.78, 5) is 5.24. The van der Waals surface area contributed by atoms with E-state index in [9.17, 15) is 0 Å². The third-order valence-corrected chi connectivity index (χ3v) is 4.73. The number of aryl methyl sites for hydroxylation is 1. The fraction of sp³-hybridized carbons (Fsp3) is 0.647. The molecule has 0 bridgehead atoms. The minimum Gasteiger partial charge on any atom is -0.324 e. The van der Waals surface area contributed by atoms with Gasteiger partial charge in [-0.05, 0) is 31.7 Å². The molecule has 3 rings (SSSR count). The van der Waals surface area contributed by atoms with Crippen LogP contribution in [-0.2, 0) is 0 Å². The Kier molecular flexibility index (Phi) is 4.39. The fourth-order valence-electron chi connectivity index (χ4n) is 3.09. The van der Waals surface area contributed by atoms with Gasteiger partial charge in [-0.2, -0.15) is 0 Å². The van der Waals surface area contributed by atoms with E-state index < -0.39 is 0 Å². The van der Waals surface area contributed by atoms with Gasteiger partial charge in [0.1, 0.15) is 0 Å². The zero-order valence-electron chi connectivity index (χ0n) is 12.6. The van der Waals surface area contributed by atoms with E-state index in [1.807, 2.05) is 0 Å². The summed E-state index contributed by atoms with van der Waals surface area (Å²) in [5.74, 6) is 0. The van der Waals surface area contributed by atoms with Crippen LogP contribution in [0, 0.1) is 6.92 Å². The average Bonchev–Trinajstić information content (AvgIpc) is 3.31. The van der Waals surface area contributed by atoms with E-state index in [4.69, 9.17) is 5.73 Å². The second-order valence-electron chi connectivity index (χ2n) is 6.41. The lowest BCUT2D eigenvalue weighted by atomic mass is 10.0. The lowest BCUT2D eigenvalue weighted by Gasteiger charge is -2.35. The Morgan fingerprint density at radius 3 is 2.35 bits per heavy atom. The van der Waals surface area contributed by atoms with Crippen LogP contribution in [0.5, 0.6) is 0 Å². The second-order valence-corrected chi connectivity index (χ2v) is 6.41. The number of benzene rings is 1. The van der Waals surface area contributed by atoms with Crippen molar-refractivity contribution in [1.29, 1.82) is 0 Å². The molecule has 0 amide bonds. The standard InChI is InChI=1S/C17H27N3/c1-14-2-4-15(5-3-14)17(18)8-9-19-10-12-20(13-11-19)16-6-7-16/h2-5,16-17H,6-13,18H2,1H3. The summed E-state index contributed by atoms with van der Waals surface area (Å²) in [6.07, 6.45) is 3.92. The maximum absolute atomic E-state index is 6.31. The number of hydrogen-bond donors (Lipinski definition) is 1. The van der Waals surface area contributed by atoms with Crippen molar-refractivity contribution in [3.8, 4) is 0 Å². The third-order valence-electron chi connectivity index (χ3n) is 4.73. The molecule has 0 aromatic heterocycles. The first kappa shape index (κ1) is 14.1. The maximum Gasteiger partial charge on any atom is 0.0307 e. The normalized spacial score (nSPS) is 22.9. The molecule has 0 spiro atoms. The fourth-order valence-corrected chi connectivity index (χ4v) is 3.09. The van der Waals surface area contributed by atoms with Gasteiger partial charge in [-0.25, -0.2) is 0 Å². The number of nitrogens with zero attached hydrogens (tertiary/aromatic N) is 2. The van der Waals surface area contributed by atoms with Gasteiger partial charge in [0.2, 0.25) is 0 Å². The third kappa shape index (κ3) is 3.60. The summed E-state index contributed by atoms with van der Waals surface area (Å²) < 4.78 is 0. The molecule has 1 saturated heterocycles. The SMILES string of the molecule is Cc1ccc(C(N)CCN2CCN(C3CC3)CC2)cc1. The van der Waals surface area contributed by atoms with Crippen LogP contribution in [0.4, 0.5) is 0 Å². The van der Waals surface area contributed by atoms with Gasteiger partial charge in [-0.1, -0.05) is 29.8 Å². The smallest absolute Gasteiger partial charge is 0.0307 e. The minimum absolute atomic E-state index is 0.178. The molecule has 3 heteroatoms. The monoisotopic (exact) mass is 273 g/mol. The van der Waals surface area contributed by atoms with Crippen LogP contribution < -0.4 is 5.73 Å². The van der Waals surface area contributed by atoms with E-state index in [1.165, 1.54) is 50.1 Å². The largest absolute Gasteiger partial charge is 0.324 e. The van der Waals surface area contributed by atoms with Crippen LogP contribution in [0.2, 0.25) is 0 Å². The van der Waals surface area contributed by atoms with Crippen molar-refractivity contribution < 1.29 is 0 Å². The maximum atomic E-state index is 6.31. The summed E-state index contributed by atoms with van der Waals surface area (Å²) in [6.45, 7) is 8.20. The molecule has 1 heterocycles. The van der Waals surface area contributed by atoms with E-state index in [2.05, 4.69) is 41.0 Å². The number of nitrogens with two attached hydrogens (primary N) is 1. The van der Waals surface area contributed by atoms with Crippen LogP contribution in [0.1, 0.15) is 36.4 Å². The van der Waals surface area contributed by atoms with Crippen molar-refractivity contribution in [2.24, 2.45) is 5.73 Å². The van der Waals surface area contributed by atoms with Gasteiger partial charge in [0, 0.05) is 44.8 Å². The van der Waals surface area contributed by atoms with E-state index >= 15 is 0 Å². The van der Waals surface area contributed by atoms with Crippen LogP contribution in [-0.4, -0.2) is 48.6 Å². The topological polar surface area (TPSA) is 32.5 Å². The summed E-state index contributed by atoms with van der Waals surface area (Å²) in [5, 5.41) is 0. The van der Waals surface area contributed by atoms with E-state index in [-0.39, 0.29) is 6.04 Å². The van der Waals surface area contributed by atoms with Crippen molar-refractivity contribution in [1.82, 2.24) is 9.80 Å². The summed E-state index contributed by atoms with van der Waals surface area (Å²) in [6, 6.07) is 9.76. The highest BCUT2D eigenvalue weighted by Gasteiger charge is 2.30. The molecule has 2 aliphatic rings. The molecule has 110 valence electrons. The highest BCUT2D eigenvalue weighted by molar-refractivity contribution is 5.23. The van der Waals surface area contributed by atoms with Crippen molar-refractivity contribution in [3.05, 3.63) is 35.4 Å². The molecule has 2 N–H and O–H groups in total. The Morgan fingerprint density at radius 2 is 1.75 bits per heavy atom. The lowest BCUT2D eigenvalue weighted by Crippen LogP contribution is -2.47. The van der Waals surface area contributed by atoms with Crippen LogP contribution in [0.15, 0.2) is 24.3 Å². The molecular weight excluding hydrogens is 246 g/mol. The molecule has 1 aliphatic heterocycles. The van der Waals surface area contributed by atoms with Gasteiger partial charge in [0.25, 0.3) is 0 Å². The predicted octanol–water partition coefficient (Wildman–Crippen LogP) is 2.16. The predicted molar refractivity (Wildman–Crippen MR) is 83.8 cm³/mol. The average molecular weight is 273 g/mol. The zero-order chi connectivity index (χ0) is 13.9. The molecule has 3 nitrogen and oxygen atoms in total. The summed E-state index contributed by atoms with van der Waals surface area (Å²) >= 11 is 0. The zero-order valence-corrected chi connectivity index (χ0v) is 12.6. The van der Waals surface area contributed by atoms with Gasteiger partial charge in [-0.3, -0.25) is 4.90 Å². The van der Waals surface area contributed by atoms with E-state index in [0.29, 0.717) is 0 Å². The summed E-state index contributed by atoms with van der Waals surface area (Å²) in [5.41, 5.74) is 8.88. The first-order valence-electron chi connectivity index (χ1n) is 8.01. The van der Waals surface area contributed by atoms with Gasteiger partial charge < -0.3 is 10.6 Å². The highest BCUT2D eigenvalue weighted by atomic mass is 15.3. The second kappa shape index (κ2) is 6.25. The van der Waals surface area contributed by atoms with Crippen molar-refractivity contribution >= 4 is 0 Å². The highest BCUT2D eigenvalue weighted by Crippen LogP contribution is 2.27. The molecule has 20 heavy (non-hydrogen) atoms. The van der Waals surface area contributed by atoms with Crippen molar-refractivity contribution in [3.63, 3.8) is 0 Å². The molecule has 2 fully saturated rings. The molecule has 1 aromatic rings. The first-order valence-corrected chi connectivity index (χ1v) is 8.01. The molecule has 1 aromatic carbocycles. The summed E-state index contributed by atoms with van der Waals surface area (Å²) in [7, 11) is 0. The number of hydrogen-bond acceptors (Lipinski definition) is 3. The number of piperazine rings is 1. The number of rotatable bonds is 5. The van der Waals surface area contributed by atoms with Crippen LogP contribution in [0.25, 0.3) is 0 Å². The molecule has 1 unspecified atom stereocenters. The van der Waals surface area contributed by atoms with Gasteiger partial charge in [0.05, 0.1) is 0 Å². The Bertz CT molecular complexity index is 416. The molecule has 1 atom stereocenters.